The average Bonchev–Trinajstić information content (AvgIpc) is 3.41. The molecule has 7 nitrogen and oxygen atoms in total. The summed E-state index contributed by atoms with van der Waals surface area (Å²) in [4.78, 5) is 16.8. The van der Waals surface area contributed by atoms with E-state index in [4.69, 9.17) is 16.0 Å². The number of thiazole rings is 1. The summed E-state index contributed by atoms with van der Waals surface area (Å²) in [6, 6.07) is 15.1. The fourth-order valence-corrected chi connectivity index (χ4v) is 4.76. The molecule has 150 valence electrons. The number of hydrogen-bond donors (Lipinski definition) is 1. The molecule has 0 radical (unpaired) electrons. The molecule has 0 fully saturated rings. The Morgan fingerprint density at radius 3 is 2.97 bits per heavy atom. The summed E-state index contributed by atoms with van der Waals surface area (Å²) in [5, 5.41) is 14.0. The van der Waals surface area contributed by atoms with E-state index in [1.807, 2.05) is 49.5 Å². The van der Waals surface area contributed by atoms with Crippen molar-refractivity contribution in [3.05, 3.63) is 53.6 Å². The Morgan fingerprint density at radius 1 is 1.23 bits per heavy atom. The van der Waals surface area contributed by atoms with Crippen LogP contribution in [0.1, 0.15) is 0 Å². The lowest BCUT2D eigenvalue weighted by molar-refractivity contribution is -0.113. The molecule has 5 rings (SSSR count). The molecule has 0 aliphatic rings. The van der Waals surface area contributed by atoms with Crippen molar-refractivity contribution in [2.45, 2.75) is 5.16 Å². The van der Waals surface area contributed by atoms with Crippen molar-refractivity contribution in [1.29, 1.82) is 0 Å². The third kappa shape index (κ3) is 3.67. The standard InChI is InChI=1S/C20H14ClN5O2S2/c1-26-18(15-9-11-8-12(21)6-7-14(11)28-15)24-25-20(26)29-10-17(27)23-19-22-13-4-2-3-5-16(13)30-19/h2-9H,10H2,1H3,(H,22,23,27). The van der Waals surface area contributed by atoms with E-state index >= 15 is 0 Å². The Hall–Kier alpha value is -2.88. The van der Waals surface area contributed by atoms with Crippen LogP contribution in [0.4, 0.5) is 5.13 Å². The molecule has 0 bridgehead atoms. The highest BCUT2D eigenvalue weighted by molar-refractivity contribution is 7.99. The number of carbonyl (C=O) groups excluding carboxylic acids is 1. The van der Waals surface area contributed by atoms with Gasteiger partial charge in [-0.15, -0.1) is 10.2 Å². The molecule has 3 heterocycles. The van der Waals surface area contributed by atoms with Crippen LogP contribution >= 0.6 is 34.7 Å². The number of halogens is 1. The van der Waals surface area contributed by atoms with Crippen LogP contribution in [-0.2, 0) is 11.8 Å². The van der Waals surface area contributed by atoms with Crippen LogP contribution in [0.25, 0.3) is 32.8 Å². The lowest BCUT2D eigenvalue weighted by atomic mass is 10.2. The number of para-hydroxylation sites is 1. The van der Waals surface area contributed by atoms with Gasteiger partial charge < -0.3 is 14.3 Å². The number of nitrogens with zero attached hydrogens (tertiary/aromatic N) is 4. The Morgan fingerprint density at radius 2 is 2.10 bits per heavy atom. The largest absolute Gasteiger partial charge is 0.453 e. The van der Waals surface area contributed by atoms with Crippen LogP contribution in [0.3, 0.4) is 0 Å². The van der Waals surface area contributed by atoms with Crippen molar-refractivity contribution in [2.75, 3.05) is 11.1 Å². The topological polar surface area (TPSA) is 85.8 Å². The van der Waals surface area contributed by atoms with E-state index in [1.54, 1.807) is 10.6 Å². The van der Waals surface area contributed by atoms with Crippen molar-refractivity contribution in [3.63, 3.8) is 0 Å². The first kappa shape index (κ1) is 19.1. The van der Waals surface area contributed by atoms with Gasteiger partial charge in [-0.05, 0) is 36.4 Å². The first-order chi connectivity index (χ1) is 14.6. The second kappa shape index (κ2) is 7.75. The second-order valence-corrected chi connectivity index (χ2v) is 8.89. The third-order valence-corrected chi connectivity index (χ3v) is 6.61. The number of benzene rings is 2. The maximum Gasteiger partial charge on any atom is 0.236 e. The van der Waals surface area contributed by atoms with Gasteiger partial charge in [-0.2, -0.15) is 0 Å². The molecular weight excluding hydrogens is 442 g/mol. The smallest absolute Gasteiger partial charge is 0.236 e. The van der Waals surface area contributed by atoms with Crippen LogP contribution in [0.15, 0.2) is 58.1 Å². The monoisotopic (exact) mass is 455 g/mol. The zero-order valence-electron chi connectivity index (χ0n) is 15.6. The number of carbonyl (C=O) groups is 1. The van der Waals surface area contributed by atoms with Crippen molar-refractivity contribution < 1.29 is 9.21 Å². The van der Waals surface area contributed by atoms with Crippen LogP contribution in [0, 0.1) is 0 Å². The van der Waals surface area contributed by atoms with Crippen molar-refractivity contribution >= 4 is 66.9 Å². The SMILES string of the molecule is Cn1c(SCC(=O)Nc2nc3ccccc3s2)nnc1-c1cc2cc(Cl)ccc2o1. The number of rotatable bonds is 5. The number of thioether (sulfide) groups is 1. The Bertz CT molecular complexity index is 1360. The molecule has 1 N–H and O–H groups in total. The fourth-order valence-electron chi connectivity index (χ4n) is 2.99. The average molecular weight is 456 g/mol. The van der Waals surface area contributed by atoms with Gasteiger partial charge in [0, 0.05) is 17.5 Å². The van der Waals surface area contributed by atoms with Gasteiger partial charge in [-0.25, -0.2) is 4.98 Å². The molecule has 0 spiro atoms. The number of anilines is 1. The van der Waals surface area contributed by atoms with Gasteiger partial charge >= 0.3 is 0 Å². The van der Waals surface area contributed by atoms with E-state index in [9.17, 15) is 4.79 Å². The van der Waals surface area contributed by atoms with Crippen LogP contribution < -0.4 is 5.32 Å². The first-order valence-corrected chi connectivity index (χ1v) is 11.1. The molecule has 2 aromatic carbocycles. The second-order valence-electron chi connectivity index (χ2n) is 6.48. The summed E-state index contributed by atoms with van der Waals surface area (Å²) in [6.45, 7) is 0. The van der Waals surface area contributed by atoms with Crippen molar-refractivity contribution in [2.24, 2.45) is 7.05 Å². The Kier molecular flexibility index (Phi) is 4.93. The third-order valence-electron chi connectivity index (χ3n) is 4.41. The molecule has 3 aromatic heterocycles. The lowest BCUT2D eigenvalue weighted by Crippen LogP contribution is -2.14. The Balaban J connectivity index is 1.28. The highest BCUT2D eigenvalue weighted by atomic mass is 35.5. The minimum atomic E-state index is -0.151. The number of amides is 1. The normalized spacial score (nSPS) is 11.4. The lowest BCUT2D eigenvalue weighted by Gasteiger charge is -2.02. The molecule has 0 unspecified atom stereocenters. The van der Waals surface area contributed by atoms with E-state index in [0.29, 0.717) is 26.9 Å². The first-order valence-electron chi connectivity index (χ1n) is 8.94. The summed E-state index contributed by atoms with van der Waals surface area (Å²) in [5.74, 6) is 1.21. The summed E-state index contributed by atoms with van der Waals surface area (Å²) >= 11 is 8.79. The number of fused-ring (bicyclic) bond motifs is 2. The molecule has 10 heteroatoms. The molecule has 5 aromatic rings. The van der Waals surface area contributed by atoms with Crippen LogP contribution in [0.5, 0.6) is 0 Å². The molecule has 0 atom stereocenters. The van der Waals surface area contributed by atoms with Crippen molar-refractivity contribution in [3.8, 4) is 11.6 Å². The van der Waals surface area contributed by atoms with Crippen molar-refractivity contribution in [1.82, 2.24) is 19.7 Å². The molecule has 30 heavy (non-hydrogen) atoms. The van der Waals surface area contributed by atoms with E-state index in [-0.39, 0.29) is 11.7 Å². The number of furan rings is 1. The van der Waals surface area contributed by atoms with Crippen LogP contribution in [-0.4, -0.2) is 31.4 Å². The maximum atomic E-state index is 12.3. The minimum absolute atomic E-state index is 0.151. The number of aromatic nitrogens is 4. The summed E-state index contributed by atoms with van der Waals surface area (Å²) < 4.78 is 8.69. The molecule has 0 aliphatic carbocycles. The highest BCUT2D eigenvalue weighted by Gasteiger charge is 2.17. The van der Waals surface area contributed by atoms with Gasteiger partial charge in [0.2, 0.25) is 5.91 Å². The van der Waals surface area contributed by atoms with E-state index < -0.39 is 0 Å². The molecule has 1 amide bonds. The molecular formula is C20H14ClN5O2S2. The molecule has 0 saturated heterocycles. The van der Waals surface area contributed by atoms with Crippen LogP contribution in [0.2, 0.25) is 5.02 Å². The van der Waals surface area contributed by atoms with Gasteiger partial charge in [0.15, 0.2) is 21.9 Å². The van der Waals surface area contributed by atoms with Gasteiger partial charge in [0.05, 0.1) is 16.0 Å². The highest BCUT2D eigenvalue weighted by Crippen LogP contribution is 2.30. The zero-order valence-corrected chi connectivity index (χ0v) is 18.0. The van der Waals surface area contributed by atoms with Gasteiger partial charge in [0.25, 0.3) is 0 Å². The Labute approximate surface area is 184 Å². The van der Waals surface area contributed by atoms with Gasteiger partial charge in [-0.3, -0.25) is 4.79 Å². The quantitative estimate of drug-likeness (QED) is 0.365. The number of hydrogen-bond acceptors (Lipinski definition) is 7. The molecule has 0 aliphatic heterocycles. The maximum absolute atomic E-state index is 12.3. The van der Waals surface area contributed by atoms with E-state index in [2.05, 4.69) is 20.5 Å². The van der Waals surface area contributed by atoms with E-state index in [0.717, 1.165) is 21.2 Å². The summed E-state index contributed by atoms with van der Waals surface area (Å²) in [6.07, 6.45) is 0. The molecule has 0 saturated carbocycles. The summed E-state index contributed by atoms with van der Waals surface area (Å²) in [7, 11) is 1.84. The zero-order chi connectivity index (χ0) is 20.7. The predicted octanol–water partition coefficient (Wildman–Crippen LogP) is 5.22. The van der Waals surface area contributed by atoms with E-state index in [1.165, 1.54) is 23.1 Å². The van der Waals surface area contributed by atoms with Gasteiger partial charge in [-0.1, -0.05) is 46.8 Å². The number of nitrogens with one attached hydrogen (secondary N) is 1. The predicted molar refractivity (Wildman–Crippen MR) is 120 cm³/mol. The fraction of sp³-hybridized carbons (Fsp3) is 0.100. The van der Waals surface area contributed by atoms with Gasteiger partial charge in [0.1, 0.15) is 5.58 Å². The minimum Gasteiger partial charge on any atom is -0.453 e. The summed E-state index contributed by atoms with van der Waals surface area (Å²) in [5.41, 5.74) is 1.59.